The minimum Gasteiger partial charge on any atom is -0.495 e. The molecule has 0 spiro atoms. The van der Waals surface area contributed by atoms with Crippen LogP contribution in [0.3, 0.4) is 0 Å². The van der Waals surface area contributed by atoms with Gasteiger partial charge in [0.15, 0.2) is 11.5 Å². The minimum absolute atomic E-state index is 0.243. The molecule has 23 heavy (non-hydrogen) atoms. The van der Waals surface area contributed by atoms with Crippen LogP contribution in [0.1, 0.15) is 5.69 Å². The number of halogens is 5. The zero-order chi connectivity index (χ0) is 16.8. The van der Waals surface area contributed by atoms with Crippen molar-refractivity contribution in [2.75, 3.05) is 7.11 Å². The Kier molecular flexibility index (Phi) is 4.13. The van der Waals surface area contributed by atoms with Crippen LogP contribution >= 0.6 is 34.2 Å². The standard InChI is InChI=1S/C14H8ClF3IN3O/c1-23-9-3-2-7-8(19)6-11(20-13(7)12(9)15)22-5-4-10(21-22)14(16,17)18/h2-6H,1H3. The lowest BCUT2D eigenvalue weighted by atomic mass is 10.2. The van der Waals surface area contributed by atoms with Crippen molar-refractivity contribution in [2.45, 2.75) is 6.18 Å². The maximum absolute atomic E-state index is 12.7. The number of fused-ring (bicyclic) bond motifs is 1. The zero-order valence-corrected chi connectivity index (χ0v) is 14.4. The molecule has 4 nitrogen and oxygen atoms in total. The minimum atomic E-state index is -4.50. The highest BCUT2D eigenvalue weighted by molar-refractivity contribution is 14.1. The van der Waals surface area contributed by atoms with Crippen LogP contribution < -0.4 is 4.74 Å². The van der Waals surface area contributed by atoms with E-state index in [1.807, 2.05) is 0 Å². The largest absolute Gasteiger partial charge is 0.495 e. The first kappa shape index (κ1) is 16.3. The molecule has 0 saturated carbocycles. The first-order valence-corrected chi connectivity index (χ1v) is 7.73. The van der Waals surface area contributed by atoms with Gasteiger partial charge in [-0.05, 0) is 46.9 Å². The average molecular weight is 454 g/mol. The van der Waals surface area contributed by atoms with Gasteiger partial charge in [0.05, 0.1) is 12.6 Å². The van der Waals surface area contributed by atoms with Gasteiger partial charge >= 0.3 is 6.18 Å². The summed E-state index contributed by atoms with van der Waals surface area (Å²) in [5, 5.41) is 4.60. The van der Waals surface area contributed by atoms with E-state index < -0.39 is 11.9 Å². The first-order chi connectivity index (χ1) is 10.8. The van der Waals surface area contributed by atoms with Crippen molar-refractivity contribution in [3.8, 4) is 11.6 Å². The Hall–Kier alpha value is -1.55. The highest BCUT2D eigenvalue weighted by atomic mass is 127. The number of hydrogen-bond donors (Lipinski definition) is 0. The summed E-state index contributed by atoms with van der Waals surface area (Å²) in [5.41, 5.74) is -0.539. The molecule has 0 aliphatic rings. The Bertz CT molecular complexity index is 895. The second-order valence-electron chi connectivity index (χ2n) is 4.58. The molecule has 0 fully saturated rings. The fraction of sp³-hybridized carbons (Fsp3) is 0.143. The molecule has 0 radical (unpaired) electrons. The number of methoxy groups -OCH3 is 1. The summed E-state index contributed by atoms with van der Waals surface area (Å²) in [7, 11) is 1.48. The van der Waals surface area contributed by atoms with Gasteiger partial charge < -0.3 is 4.74 Å². The Morgan fingerprint density at radius 3 is 2.61 bits per heavy atom. The van der Waals surface area contributed by atoms with E-state index in [-0.39, 0.29) is 5.82 Å². The van der Waals surface area contributed by atoms with Crippen molar-refractivity contribution in [3.05, 3.63) is 44.7 Å². The van der Waals surface area contributed by atoms with Crippen molar-refractivity contribution in [1.29, 1.82) is 0 Å². The highest BCUT2D eigenvalue weighted by Crippen LogP contribution is 2.34. The van der Waals surface area contributed by atoms with E-state index in [4.69, 9.17) is 16.3 Å². The quantitative estimate of drug-likeness (QED) is 0.528. The monoisotopic (exact) mass is 453 g/mol. The molecule has 3 rings (SSSR count). The number of aromatic nitrogens is 3. The average Bonchev–Trinajstić information content (AvgIpc) is 2.98. The maximum Gasteiger partial charge on any atom is 0.435 e. The third-order valence-electron chi connectivity index (χ3n) is 3.15. The van der Waals surface area contributed by atoms with Crippen molar-refractivity contribution >= 4 is 45.1 Å². The van der Waals surface area contributed by atoms with Crippen LogP contribution in [0.15, 0.2) is 30.5 Å². The third-order valence-corrected chi connectivity index (χ3v) is 4.41. The number of pyridine rings is 1. The van der Waals surface area contributed by atoms with Crippen LogP contribution in [0.2, 0.25) is 5.02 Å². The normalized spacial score (nSPS) is 11.9. The molecule has 2 aromatic heterocycles. The topological polar surface area (TPSA) is 39.9 Å². The summed E-state index contributed by atoms with van der Waals surface area (Å²) in [6.45, 7) is 0. The molecule has 0 unspecified atom stereocenters. The molecule has 0 N–H and O–H groups in total. The predicted octanol–water partition coefficient (Wildman–Crippen LogP) is 4.71. The Morgan fingerprint density at radius 2 is 2.00 bits per heavy atom. The van der Waals surface area contributed by atoms with E-state index in [1.54, 1.807) is 18.2 Å². The summed E-state index contributed by atoms with van der Waals surface area (Å²) in [6.07, 6.45) is -3.29. The molecule has 9 heteroatoms. The smallest absolute Gasteiger partial charge is 0.435 e. The molecule has 0 amide bonds. The van der Waals surface area contributed by atoms with Gasteiger partial charge in [-0.15, -0.1) is 0 Å². The maximum atomic E-state index is 12.7. The van der Waals surface area contributed by atoms with Crippen LogP contribution in [-0.2, 0) is 6.18 Å². The summed E-state index contributed by atoms with van der Waals surface area (Å²) < 4.78 is 45.0. The molecule has 0 atom stereocenters. The van der Waals surface area contributed by atoms with Crippen LogP contribution in [0.25, 0.3) is 16.7 Å². The Labute approximate surface area is 147 Å². The molecule has 2 heterocycles. The van der Waals surface area contributed by atoms with Gasteiger partial charge in [-0.25, -0.2) is 9.67 Å². The molecular weight excluding hydrogens is 446 g/mol. The lowest BCUT2D eigenvalue weighted by Crippen LogP contribution is -2.08. The Morgan fingerprint density at radius 1 is 1.26 bits per heavy atom. The van der Waals surface area contributed by atoms with Crippen LogP contribution in [-0.4, -0.2) is 21.9 Å². The fourth-order valence-corrected chi connectivity index (χ4v) is 3.06. The SMILES string of the molecule is COc1ccc2c(I)cc(-n3ccc(C(F)(F)F)n3)nc2c1Cl. The van der Waals surface area contributed by atoms with Gasteiger partial charge in [-0.2, -0.15) is 18.3 Å². The Balaban J connectivity index is 2.19. The van der Waals surface area contributed by atoms with E-state index in [9.17, 15) is 13.2 Å². The van der Waals surface area contributed by atoms with E-state index in [0.29, 0.717) is 16.3 Å². The van der Waals surface area contributed by atoms with Gasteiger partial charge in [0.2, 0.25) is 0 Å². The van der Waals surface area contributed by atoms with Crippen molar-refractivity contribution in [2.24, 2.45) is 0 Å². The van der Waals surface area contributed by atoms with Crippen molar-refractivity contribution < 1.29 is 17.9 Å². The van der Waals surface area contributed by atoms with Crippen LogP contribution in [0.5, 0.6) is 5.75 Å². The van der Waals surface area contributed by atoms with E-state index in [0.717, 1.165) is 19.7 Å². The van der Waals surface area contributed by atoms with Crippen LogP contribution in [0.4, 0.5) is 13.2 Å². The van der Waals surface area contributed by atoms with Gasteiger partial charge in [0.1, 0.15) is 10.8 Å². The van der Waals surface area contributed by atoms with E-state index in [2.05, 4.69) is 32.7 Å². The highest BCUT2D eigenvalue weighted by Gasteiger charge is 2.33. The molecule has 3 aromatic rings. The number of benzene rings is 1. The molecule has 0 bridgehead atoms. The van der Waals surface area contributed by atoms with Crippen molar-refractivity contribution in [1.82, 2.24) is 14.8 Å². The number of ether oxygens (including phenoxy) is 1. The summed E-state index contributed by atoms with van der Waals surface area (Å²) in [4.78, 5) is 4.33. The fourth-order valence-electron chi connectivity index (χ4n) is 2.06. The number of alkyl halides is 3. The molecule has 120 valence electrons. The molecule has 0 aliphatic heterocycles. The van der Waals surface area contributed by atoms with E-state index in [1.165, 1.54) is 13.3 Å². The van der Waals surface area contributed by atoms with E-state index >= 15 is 0 Å². The third kappa shape index (κ3) is 2.97. The van der Waals surface area contributed by atoms with Crippen molar-refractivity contribution in [3.63, 3.8) is 0 Å². The lowest BCUT2D eigenvalue weighted by Gasteiger charge is -2.10. The van der Waals surface area contributed by atoms with Gasteiger partial charge in [-0.1, -0.05) is 11.6 Å². The molecule has 0 aliphatic carbocycles. The lowest BCUT2D eigenvalue weighted by molar-refractivity contribution is -0.141. The van der Waals surface area contributed by atoms with Crippen LogP contribution in [0, 0.1) is 3.57 Å². The number of hydrogen-bond acceptors (Lipinski definition) is 3. The van der Waals surface area contributed by atoms with Gasteiger partial charge in [0, 0.05) is 15.2 Å². The zero-order valence-electron chi connectivity index (χ0n) is 11.5. The molecule has 1 aromatic carbocycles. The number of rotatable bonds is 2. The summed E-state index contributed by atoms with van der Waals surface area (Å²) in [6, 6.07) is 6.04. The predicted molar refractivity (Wildman–Crippen MR) is 88.1 cm³/mol. The molecule has 0 saturated heterocycles. The summed E-state index contributed by atoms with van der Waals surface area (Å²) >= 11 is 8.32. The van der Waals surface area contributed by atoms with Gasteiger partial charge in [-0.3, -0.25) is 0 Å². The van der Waals surface area contributed by atoms with Gasteiger partial charge in [0.25, 0.3) is 0 Å². The summed E-state index contributed by atoms with van der Waals surface area (Å²) in [5.74, 6) is 0.684. The molecular formula is C14H8ClF3IN3O. The first-order valence-electron chi connectivity index (χ1n) is 6.27. The second kappa shape index (κ2) is 5.82. The number of nitrogens with zero attached hydrogens (tertiary/aromatic N) is 3. The second-order valence-corrected chi connectivity index (χ2v) is 6.12.